The molecular formula is C20H34N4. The number of nitrogens with one attached hydrogen (secondary N) is 2. The quantitative estimate of drug-likeness (QED) is 0.393. The second-order valence-electron chi connectivity index (χ2n) is 6.53. The zero-order chi connectivity index (χ0) is 16.9. The van der Waals surface area contributed by atoms with Crippen LogP contribution < -0.4 is 10.6 Å². The topological polar surface area (TPSA) is 39.7 Å². The van der Waals surface area contributed by atoms with Crippen LogP contribution in [0.25, 0.3) is 0 Å². The van der Waals surface area contributed by atoms with Crippen LogP contribution in [0.4, 0.5) is 0 Å². The van der Waals surface area contributed by atoms with Gasteiger partial charge in [-0.3, -0.25) is 4.99 Å². The van der Waals surface area contributed by atoms with Crippen LogP contribution >= 0.6 is 0 Å². The number of benzene rings is 1. The number of rotatable bonds is 10. The van der Waals surface area contributed by atoms with Crippen molar-refractivity contribution in [1.29, 1.82) is 0 Å². The first-order chi connectivity index (χ1) is 11.9. The summed E-state index contributed by atoms with van der Waals surface area (Å²) >= 11 is 0. The molecule has 2 rings (SSSR count). The van der Waals surface area contributed by atoms with E-state index in [1.807, 2.05) is 0 Å². The first-order valence-electron chi connectivity index (χ1n) is 9.67. The number of guanidine groups is 1. The molecule has 0 radical (unpaired) electrons. The molecule has 1 aromatic rings. The van der Waals surface area contributed by atoms with E-state index >= 15 is 0 Å². The number of aryl methyl sites for hydroxylation is 1. The lowest BCUT2D eigenvalue weighted by Gasteiger charge is -2.15. The van der Waals surface area contributed by atoms with Crippen LogP contribution in [0.5, 0.6) is 0 Å². The Kier molecular flexibility index (Phi) is 9.32. The van der Waals surface area contributed by atoms with Gasteiger partial charge in [-0.2, -0.15) is 0 Å². The predicted molar refractivity (Wildman–Crippen MR) is 104 cm³/mol. The molecule has 1 aliphatic rings. The van der Waals surface area contributed by atoms with E-state index in [2.05, 4.69) is 57.8 Å². The van der Waals surface area contributed by atoms with Gasteiger partial charge in [-0.05, 0) is 70.6 Å². The maximum Gasteiger partial charge on any atom is 0.191 e. The standard InChI is InChI=1S/C20H34N4/c1-2-21-20(22-14-6-7-16-24-17-8-9-18-24)23-15-10-13-19-11-4-3-5-12-19/h3-5,11-12H,2,6-10,13-18H2,1H3,(H2,21,22,23). The van der Waals surface area contributed by atoms with Gasteiger partial charge in [0.15, 0.2) is 5.96 Å². The van der Waals surface area contributed by atoms with E-state index in [9.17, 15) is 0 Å². The van der Waals surface area contributed by atoms with E-state index in [0.717, 1.165) is 38.4 Å². The molecule has 0 spiro atoms. The van der Waals surface area contributed by atoms with Crippen molar-refractivity contribution in [2.45, 2.75) is 45.4 Å². The van der Waals surface area contributed by atoms with Crippen molar-refractivity contribution in [3.8, 4) is 0 Å². The van der Waals surface area contributed by atoms with E-state index < -0.39 is 0 Å². The van der Waals surface area contributed by atoms with Crippen molar-refractivity contribution in [2.75, 3.05) is 39.3 Å². The normalized spacial score (nSPS) is 15.6. The lowest BCUT2D eigenvalue weighted by molar-refractivity contribution is 0.330. The highest BCUT2D eigenvalue weighted by Crippen LogP contribution is 2.07. The van der Waals surface area contributed by atoms with E-state index in [-0.39, 0.29) is 0 Å². The zero-order valence-electron chi connectivity index (χ0n) is 15.3. The summed E-state index contributed by atoms with van der Waals surface area (Å²) in [6.07, 6.45) is 7.46. The lowest BCUT2D eigenvalue weighted by Crippen LogP contribution is -2.38. The molecule has 1 saturated heterocycles. The minimum absolute atomic E-state index is 0.873. The Balaban J connectivity index is 1.57. The van der Waals surface area contributed by atoms with Gasteiger partial charge in [0.2, 0.25) is 0 Å². The van der Waals surface area contributed by atoms with Gasteiger partial charge in [0.1, 0.15) is 0 Å². The Labute approximate surface area is 147 Å². The summed E-state index contributed by atoms with van der Waals surface area (Å²) < 4.78 is 0. The highest BCUT2D eigenvalue weighted by atomic mass is 15.2. The van der Waals surface area contributed by atoms with Crippen LogP contribution in [0.3, 0.4) is 0 Å². The second kappa shape index (κ2) is 11.9. The molecule has 4 heteroatoms. The van der Waals surface area contributed by atoms with E-state index in [4.69, 9.17) is 0 Å². The maximum absolute atomic E-state index is 4.69. The highest BCUT2D eigenvalue weighted by Gasteiger charge is 2.09. The van der Waals surface area contributed by atoms with Crippen LogP contribution in [0.15, 0.2) is 35.3 Å². The van der Waals surface area contributed by atoms with Gasteiger partial charge in [-0.15, -0.1) is 0 Å². The molecule has 0 saturated carbocycles. The van der Waals surface area contributed by atoms with Crippen LogP contribution in [0, 0.1) is 0 Å². The molecule has 0 bridgehead atoms. The fraction of sp³-hybridized carbons (Fsp3) is 0.650. The Morgan fingerprint density at radius 2 is 1.83 bits per heavy atom. The maximum atomic E-state index is 4.69. The predicted octanol–water partition coefficient (Wildman–Crippen LogP) is 3.05. The van der Waals surface area contributed by atoms with E-state index in [1.165, 1.54) is 50.9 Å². The molecule has 1 aromatic carbocycles. The Morgan fingerprint density at radius 3 is 2.58 bits per heavy atom. The fourth-order valence-electron chi connectivity index (χ4n) is 3.13. The third kappa shape index (κ3) is 7.82. The molecule has 0 amide bonds. The number of unbranched alkanes of at least 4 members (excludes halogenated alkanes) is 1. The Bertz CT molecular complexity index is 452. The number of hydrogen-bond acceptors (Lipinski definition) is 2. The molecule has 24 heavy (non-hydrogen) atoms. The van der Waals surface area contributed by atoms with Crippen molar-refractivity contribution in [3.63, 3.8) is 0 Å². The molecule has 0 aromatic heterocycles. The smallest absolute Gasteiger partial charge is 0.191 e. The summed E-state index contributed by atoms with van der Waals surface area (Å²) in [5.41, 5.74) is 1.40. The average Bonchev–Trinajstić information content (AvgIpc) is 3.12. The molecule has 1 heterocycles. The average molecular weight is 331 g/mol. The minimum atomic E-state index is 0.873. The Hall–Kier alpha value is -1.55. The lowest BCUT2D eigenvalue weighted by atomic mass is 10.1. The number of nitrogens with zero attached hydrogens (tertiary/aromatic N) is 2. The highest BCUT2D eigenvalue weighted by molar-refractivity contribution is 5.79. The summed E-state index contributed by atoms with van der Waals surface area (Å²) in [6.45, 7) is 8.79. The first-order valence-corrected chi connectivity index (χ1v) is 9.67. The summed E-state index contributed by atoms with van der Waals surface area (Å²) in [4.78, 5) is 7.27. The van der Waals surface area contributed by atoms with Crippen LogP contribution in [-0.2, 0) is 6.42 Å². The van der Waals surface area contributed by atoms with Gasteiger partial charge in [-0.25, -0.2) is 0 Å². The van der Waals surface area contributed by atoms with Gasteiger partial charge in [0, 0.05) is 19.6 Å². The van der Waals surface area contributed by atoms with Gasteiger partial charge in [0.05, 0.1) is 0 Å². The third-order valence-corrected chi connectivity index (χ3v) is 4.47. The third-order valence-electron chi connectivity index (χ3n) is 4.47. The van der Waals surface area contributed by atoms with Crippen LogP contribution in [0.1, 0.15) is 44.6 Å². The van der Waals surface area contributed by atoms with Crippen molar-refractivity contribution >= 4 is 5.96 Å². The summed E-state index contributed by atoms with van der Waals surface area (Å²) in [5.74, 6) is 0.965. The number of aliphatic imine (C=N–C) groups is 1. The van der Waals surface area contributed by atoms with Gasteiger partial charge in [0.25, 0.3) is 0 Å². The minimum Gasteiger partial charge on any atom is -0.357 e. The monoisotopic (exact) mass is 330 g/mol. The van der Waals surface area contributed by atoms with Crippen LogP contribution in [0.2, 0.25) is 0 Å². The van der Waals surface area contributed by atoms with Gasteiger partial charge >= 0.3 is 0 Å². The fourth-order valence-corrected chi connectivity index (χ4v) is 3.13. The van der Waals surface area contributed by atoms with Gasteiger partial charge < -0.3 is 15.5 Å². The van der Waals surface area contributed by atoms with E-state index in [0.29, 0.717) is 0 Å². The number of likely N-dealkylation sites (tertiary alicyclic amines) is 1. The molecule has 1 aliphatic heterocycles. The molecule has 0 aliphatic carbocycles. The molecule has 4 nitrogen and oxygen atoms in total. The molecule has 134 valence electrons. The first kappa shape index (κ1) is 18.8. The number of hydrogen-bond donors (Lipinski definition) is 2. The largest absolute Gasteiger partial charge is 0.357 e. The Morgan fingerprint density at radius 1 is 1.04 bits per heavy atom. The molecule has 0 atom stereocenters. The van der Waals surface area contributed by atoms with Crippen molar-refractivity contribution in [3.05, 3.63) is 35.9 Å². The molecule has 1 fully saturated rings. The van der Waals surface area contributed by atoms with Crippen molar-refractivity contribution in [2.24, 2.45) is 4.99 Å². The summed E-state index contributed by atoms with van der Waals surface area (Å²) in [7, 11) is 0. The van der Waals surface area contributed by atoms with Crippen LogP contribution in [-0.4, -0.2) is 50.1 Å². The second-order valence-corrected chi connectivity index (χ2v) is 6.53. The molecular weight excluding hydrogens is 296 g/mol. The van der Waals surface area contributed by atoms with Crippen molar-refractivity contribution in [1.82, 2.24) is 15.5 Å². The summed E-state index contributed by atoms with van der Waals surface area (Å²) in [5, 5.41) is 6.81. The zero-order valence-corrected chi connectivity index (χ0v) is 15.3. The summed E-state index contributed by atoms with van der Waals surface area (Å²) in [6, 6.07) is 10.7. The molecule has 2 N–H and O–H groups in total. The van der Waals surface area contributed by atoms with Gasteiger partial charge in [-0.1, -0.05) is 30.3 Å². The van der Waals surface area contributed by atoms with Crippen molar-refractivity contribution < 1.29 is 0 Å². The SMILES string of the molecule is CCNC(=NCCCc1ccccc1)NCCCCN1CCCC1. The molecule has 0 unspecified atom stereocenters. The van der Waals surface area contributed by atoms with E-state index in [1.54, 1.807) is 0 Å².